The van der Waals surface area contributed by atoms with Crippen LogP contribution in [-0.4, -0.2) is 25.0 Å². The van der Waals surface area contributed by atoms with Gasteiger partial charge in [0.2, 0.25) is 0 Å². The van der Waals surface area contributed by atoms with Crippen LogP contribution in [0.5, 0.6) is 5.75 Å². The summed E-state index contributed by atoms with van der Waals surface area (Å²) in [5.41, 5.74) is 6.98. The maximum atomic E-state index is 12.4. The van der Waals surface area contributed by atoms with E-state index in [-0.39, 0.29) is 5.91 Å². The molecule has 1 aromatic carbocycles. The molecule has 0 aliphatic rings. The van der Waals surface area contributed by atoms with Crippen molar-refractivity contribution in [1.29, 1.82) is 0 Å². The highest BCUT2D eigenvalue weighted by atomic mass is 32.1. The summed E-state index contributed by atoms with van der Waals surface area (Å²) < 4.78 is 5.26. The number of anilines is 2. The van der Waals surface area contributed by atoms with Crippen LogP contribution in [0.15, 0.2) is 24.3 Å². The number of hydrogen-bond acceptors (Lipinski definition) is 5. The quantitative estimate of drug-likeness (QED) is 0.934. The van der Waals surface area contributed by atoms with Gasteiger partial charge in [0.1, 0.15) is 10.6 Å². The molecule has 0 fully saturated rings. The van der Waals surface area contributed by atoms with Crippen molar-refractivity contribution in [1.82, 2.24) is 4.98 Å². The maximum Gasteiger partial charge on any atom is 0.270 e. The molecule has 1 heterocycles. The van der Waals surface area contributed by atoms with E-state index in [2.05, 4.69) is 4.98 Å². The first kappa shape index (κ1) is 13.4. The molecule has 6 heteroatoms. The lowest BCUT2D eigenvalue weighted by Crippen LogP contribution is -2.26. The zero-order valence-corrected chi connectivity index (χ0v) is 11.8. The molecule has 0 atom stereocenters. The Morgan fingerprint density at radius 2 is 2.11 bits per heavy atom. The molecule has 0 bridgehead atoms. The summed E-state index contributed by atoms with van der Waals surface area (Å²) in [5.74, 6) is 0.504. The van der Waals surface area contributed by atoms with Crippen LogP contribution in [0.1, 0.15) is 15.4 Å². The van der Waals surface area contributed by atoms with Crippen LogP contribution in [0.25, 0.3) is 0 Å². The number of rotatable bonds is 3. The Morgan fingerprint density at radius 3 is 2.68 bits per heavy atom. The van der Waals surface area contributed by atoms with Gasteiger partial charge in [0.15, 0.2) is 5.13 Å². The third-order valence-electron chi connectivity index (χ3n) is 2.76. The Bertz CT molecular complexity index is 610. The number of aromatic nitrogens is 1. The van der Waals surface area contributed by atoms with E-state index in [1.165, 1.54) is 11.3 Å². The second kappa shape index (κ2) is 5.27. The van der Waals surface area contributed by atoms with Crippen molar-refractivity contribution in [3.63, 3.8) is 0 Å². The van der Waals surface area contributed by atoms with Crippen LogP contribution in [0.2, 0.25) is 0 Å². The van der Waals surface area contributed by atoms with Gasteiger partial charge in [0.25, 0.3) is 5.91 Å². The molecule has 0 aliphatic carbocycles. The first-order chi connectivity index (χ1) is 9.04. The number of para-hydroxylation sites is 2. The molecule has 2 N–H and O–H groups in total. The Kier molecular flexibility index (Phi) is 3.71. The zero-order valence-electron chi connectivity index (χ0n) is 11.0. The predicted molar refractivity (Wildman–Crippen MR) is 77.0 cm³/mol. The van der Waals surface area contributed by atoms with Crippen LogP contribution < -0.4 is 15.4 Å². The molecule has 5 nitrogen and oxygen atoms in total. The van der Waals surface area contributed by atoms with E-state index in [1.54, 1.807) is 26.0 Å². The van der Waals surface area contributed by atoms with Crippen molar-refractivity contribution in [2.24, 2.45) is 0 Å². The van der Waals surface area contributed by atoms with Crippen molar-refractivity contribution in [3.8, 4) is 5.75 Å². The highest BCUT2D eigenvalue weighted by molar-refractivity contribution is 7.17. The minimum atomic E-state index is -0.142. The van der Waals surface area contributed by atoms with E-state index >= 15 is 0 Å². The molecule has 0 saturated carbocycles. The van der Waals surface area contributed by atoms with Crippen molar-refractivity contribution < 1.29 is 9.53 Å². The number of hydrogen-bond donors (Lipinski definition) is 1. The lowest BCUT2D eigenvalue weighted by atomic mass is 10.2. The largest absolute Gasteiger partial charge is 0.495 e. The third-order valence-corrected chi connectivity index (χ3v) is 3.73. The molecule has 1 aromatic heterocycles. The minimum absolute atomic E-state index is 0.142. The Hall–Kier alpha value is -2.08. The van der Waals surface area contributed by atoms with E-state index in [0.29, 0.717) is 27.1 Å². The number of benzene rings is 1. The fraction of sp³-hybridized carbons (Fsp3) is 0.231. The van der Waals surface area contributed by atoms with Gasteiger partial charge >= 0.3 is 0 Å². The van der Waals surface area contributed by atoms with Crippen molar-refractivity contribution in [2.75, 3.05) is 24.8 Å². The SMILES string of the molecule is COc1ccccc1N(C)C(=O)c1sc(N)nc1C. The molecule has 0 unspecified atom stereocenters. The number of amides is 1. The summed E-state index contributed by atoms with van der Waals surface area (Å²) in [6, 6.07) is 7.36. The lowest BCUT2D eigenvalue weighted by molar-refractivity contribution is 0.0995. The summed E-state index contributed by atoms with van der Waals surface area (Å²) in [7, 11) is 3.28. The first-order valence-corrected chi connectivity index (χ1v) is 6.50. The summed E-state index contributed by atoms with van der Waals surface area (Å²) in [6.07, 6.45) is 0. The number of carbonyl (C=O) groups excluding carboxylic acids is 1. The molecule has 2 aromatic rings. The summed E-state index contributed by atoms with van der Waals surface area (Å²) in [6.45, 7) is 1.77. The number of ether oxygens (including phenoxy) is 1. The highest BCUT2D eigenvalue weighted by Crippen LogP contribution is 2.29. The molecule has 100 valence electrons. The molecule has 0 radical (unpaired) electrons. The summed E-state index contributed by atoms with van der Waals surface area (Å²) >= 11 is 1.19. The van der Waals surface area contributed by atoms with Gasteiger partial charge in [-0.05, 0) is 19.1 Å². The van der Waals surface area contributed by atoms with Gasteiger partial charge in [-0.1, -0.05) is 23.5 Å². The second-order valence-electron chi connectivity index (χ2n) is 4.00. The molecule has 19 heavy (non-hydrogen) atoms. The second-order valence-corrected chi connectivity index (χ2v) is 5.03. The molecule has 0 saturated heterocycles. The van der Waals surface area contributed by atoms with E-state index in [0.717, 1.165) is 0 Å². The van der Waals surface area contributed by atoms with E-state index in [9.17, 15) is 4.79 Å². The van der Waals surface area contributed by atoms with Crippen LogP contribution >= 0.6 is 11.3 Å². The molecule has 0 aliphatic heterocycles. The van der Waals surface area contributed by atoms with Crippen molar-refractivity contribution in [3.05, 3.63) is 34.8 Å². The van der Waals surface area contributed by atoms with Gasteiger partial charge in [-0.15, -0.1) is 0 Å². The van der Waals surface area contributed by atoms with Crippen molar-refractivity contribution >= 4 is 28.1 Å². The average molecular weight is 277 g/mol. The van der Waals surface area contributed by atoms with Gasteiger partial charge in [-0.3, -0.25) is 4.79 Å². The molecule has 2 rings (SSSR count). The van der Waals surface area contributed by atoms with Gasteiger partial charge in [0, 0.05) is 7.05 Å². The highest BCUT2D eigenvalue weighted by Gasteiger charge is 2.21. The smallest absolute Gasteiger partial charge is 0.270 e. The third kappa shape index (κ3) is 2.53. The van der Waals surface area contributed by atoms with Crippen molar-refractivity contribution in [2.45, 2.75) is 6.92 Å². The molecular weight excluding hydrogens is 262 g/mol. The normalized spacial score (nSPS) is 10.3. The van der Waals surface area contributed by atoms with Crippen LogP contribution in [-0.2, 0) is 0 Å². The molecule has 0 spiro atoms. The number of thiazole rings is 1. The monoisotopic (exact) mass is 277 g/mol. The number of aryl methyl sites for hydroxylation is 1. The average Bonchev–Trinajstić information content (AvgIpc) is 2.76. The van der Waals surface area contributed by atoms with Gasteiger partial charge in [-0.2, -0.15) is 0 Å². The summed E-state index contributed by atoms with van der Waals surface area (Å²) in [5, 5.41) is 0.397. The maximum absolute atomic E-state index is 12.4. The Balaban J connectivity index is 2.36. The number of nitrogen functional groups attached to an aromatic ring is 1. The van der Waals surface area contributed by atoms with Crippen LogP contribution in [0.4, 0.5) is 10.8 Å². The lowest BCUT2D eigenvalue weighted by Gasteiger charge is -2.19. The number of nitrogens with two attached hydrogens (primary N) is 1. The van der Waals surface area contributed by atoms with Gasteiger partial charge in [-0.25, -0.2) is 4.98 Å². The molecule has 1 amide bonds. The van der Waals surface area contributed by atoms with Crippen LogP contribution in [0.3, 0.4) is 0 Å². The standard InChI is InChI=1S/C13H15N3O2S/c1-8-11(19-13(14)15-8)12(17)16(2)9-6-4-5-7-10(9)18-3/h4-7H,1-3H3,(H2,14,15). The minimum Gasteiger partial charge on any atom is -0.495 e. The molecular formula is C13H15N3O2S. The Labute approximate surface area is 115 Å². The predicted octanol–water partition coefficient (Wildman–Crippen LogP) is 2.32. The fourth-order valence-corrected chi connectivity index (χ4v) is 2.59. The zero-order chi connectivity index (χ0) is 14.0. The number of nitrogens with zero attached hydrogens (tertiary/aromatic N) is 2. The fourth-order valence-electron chi connectivity index (χ4n) is 1.78. The van der Waals surface area contributed by atoms with E-state index in [1.807, 2.05) is 24.3 Å². The Morgan fingerprint density at radius 1 is 1.42 bits per heavy atom. The van der Waals surface area contributed by atoms with Crippen LogP contribution in [0, 0.1) is 6.92 Å². The first-order valence-electron chi connectivity index (χ1n) is 5.68. The van der Waals surface area contributed by atoms with E-state index in [4.69, 9.17) is 10.5 Å². The van der Waals surface area contributed by atoms with Gasteiger partial charge < -0.3 is 15.4 Å². The number of carbonyl (C=O) groups is 1. The van der Waals surface area contributed by atoms with Gasteiger partial charge in [0.05, 0.1) is 18.5 Å². The summed E-state index contributed by atoms with van der Waals surface area (Å²) in [4.78, 5) is 18.6. The van der Waals surface area contributed by atoms with E-state index < -0.39 is 0 Å². The number of methoxy groups -OCH3 is 1. The topological polar surface area (TPSA) is 68.5 Å².